The summed E-state index contributed by atoms with van der Waals surface area (Å²) in [6, 6.07) is 4.36. The molecule has 1 aromatic rings. The summed E-state index contributed by atoms with van der Waals surface area (Å²) < 4.78 is 0. The number of carboxylic acids is 2. The Balaban J connectivity index is 3.09. The highest BCUT2D eigenvalue weighted by molar-refractivity contribution is 7.98. The molecule has 0 saturated carbocycles. The molecule has 0 heterocycles. The highest BCUT2D eigenvalue weighted by Gasteiger charge is 2.30. The van der Waals surface area contributed by atoms with Gasteiger partial charge in [-0.1, -0.05) is 30.3 Å². The molecule has 4 atom stereocenters. The Hall–Kier alpha value is -3.16. The van der Waals surface area contributed by atoms with Crippen LogP contribution in [0.3, 0.4) is 0 Å². The van der Waals surface area contributed by atoms with E-state index in [4.69, 9.17) is 16.6 Å². The first-order valence-electron chi connectivity index (χ1n) is 12.4. The minimum atomic E-state index is -1.46. The van der Waals surface area contributed by atoms with E-state index in [-0.39, 0.29) is 19.3 Å². The fraction of sp³-hybridized carbons (Fsp3) is 0.560. The molecule has 0 bridgehead atoms. The van der Waals surface area contributed by atoms with Crippen molar-refractivity contribution in [2.75, 3.05) is 18.6 Å². The summed E-state index contributed by atoms with van der Waals surface area (Å²) in [4.78, 5) is 61.5. The molecule has 1 aromatic carbocycles. The number of carbonyl (C=O) groups is 5. The normalized spacial score (nSPS) is 14.0. The Kier molecular flexibility index (Phi) is 15.7. The van der Waals surface area contributed by atoms with Crippen LogP contribution in [-0.4, -0.2) is 82.6 Å². The number of carboxylic acid groups (broad SMARTS) is 2. The molecule has 3 amide bonds. The average molecular weight is 554 g/mol. The Labute approximate surface area is 226 Å². The summed E-state index contributed by atoms with van der Waals surface area (Å²) in [5, 5.41) is 26.0. The van der Waals surface area contributed by atoms with E-state index in [9.17, 15) is 29.1 Å². The molecular formula is C25H39N5O7S. The monoisotopic (exact) mass is 553 g/mol. The molecule has 9 N–H and O–H groups in total. The molecule has 4 unspecified atom stereocenters. The van der Waals surface area contributed by atoms with Crippen molar-refractivity contribution in [2.24, 2.45) is 11.5 Å². The second kappa shape index (κ2) is 18.2. The quantitative estimate of drug-likeness (QED) is 0.112. The lowest BCUT2D eigenvalue weighted by atomic mass is 10.0. The third kappa shape index (κ3) is 12.9. The first-order valence-corrected chi connectivity index (χ1v) is 13.8. The van der Waals surface area contributed by atoms with Gasteiger partial charge in [-0.05, 0) is 56.2 Å². The average Bonchev–Trinajstić information content (AvgIpc) is 2.88. The van der Waals surface area contributed by atoms with Crippen LogP contribution in [0.15, 0.2) is 30.3 Å². The van der Waals surface area contributed by atoms with Crippen molar-refractivity contribution in [3.63, 3.8) is 0 Å². The van der Waals surface area contributed by atoms with E-state index in [1.807, 2.05) is 6.26 Å². The Morgan fingerprint density at radius 2 is 1.45 bits per heavy atom. The van der Waals surface area contributed by atoms with Crippen LogP contribution in [0.5, 0.6) is 0 Å². The van der Waals surface area contributed by atoms with Gasteiger partial charge in [0.1, 0.15) is 18.1 Å². The number of thioether (sulfide) groups is 1. The third-order valence-electron chi connectivity index (χ3n) is 5.73. The smallest absolute Gasteiger partial charge is 0.326 e. The molecule has 0 radical (unpaired) electrons. The molecule has 0 aliphatic heterocycles. The van der Waals surface area contributed by atoms with Crippen molar-refractivity contribution >= 4 is 41.4 Å². The second-order valence-electron chi connectivity index (χ2n) is 8.82. The first kappa shape index (κ1) is 32.9. The van der Waals surface area contributed by atoms with E-state index >= 15 is 0 Å². The van der Waals surface area contributed by atoms with Crippen molar-refractivity contribution in [3.05, 3.63) is 35.9 Å². The number of aliphatic carboxylic acids is 2. The summed E-state index contributed by atoms with van der Waals surface area (Å²) in [6.07, 6.45) is 3.00. The topological polar surface area (TPSA) is 214 Å². The molecule has 13 heteroatoms. The van der Waals surface area contributed by atoms with E-state index in [1.54, 1.807) is 42.1 Å². The molecule has 0 fully saturated rings. The number of unbranched alkanes of at least 4 members (excludes halogenated alkanes) is 1. The van der Waals surface area contributed by atoms with Gasteiger partial charge in [-0.3, -0.25) is 19.2 Å². The lowest BCUT2D eigenvalue weighted by Crippen LogP contribution is -2.57. The maximum atomic E-state index is 13.3. The molecule has 1 rings (SSSR count). The highest BCUT2D eigenvalue weighted by Crippen LogP contribution is 2.08. The zero-order valence-electron chi connectivity index (χ0n) is 21.6. The summed E-state index contributed by atoms with van der Waals surface area (Å²) in [5.74, 6) is -3.83. The van der Waals surface area contributed by atoms with Gasteiger partial charge in [-0.25, -0.2) is 4.79 Å². The number of hydrogen-bond donors (Lipinski definition) is 7. The zero-order chi connectivity index (χ0) is 28.5. The van der Waals surface area contributed by atoms with Gasteiger partial charge in [0.15, 0.2) is 0 Å². The fourth-order valence-electron chi connectivity index (χ4n) is 3.55. The van der Waals surface area contributed by atoms with Crippen LogP contribution >= 0.6 is 11.8 Å². The summed E-state index contributed by atoms with van der Waals surface area (Å²) in [7, 11) is 0. The Bertz CT molecular complexity index is 919. The maximum Gasteiger partial charge on any atom is 0.326 e. The first-order chi connectivity index (χ1) is 18.1. The fourth-order valence-corrected chi connectivity index (χ4v) is 4.03. The predicted octanol–water partition coefficient (Wildman–Crippen LogP) is -0.158. The lowest BCUT2D eigenvalue weighted by Gasteiger charge is -2.25. The van der Waals surface area contributed by atoms with E-state index in [1.165, 1.54) is 0 Å². The van der Waals surface area contributed by atoms with E-state index in [0.29, 0.717) is 37.1 Å². The standard InChI is InChI=1S/C25H39N5O7S/c1-38-14-12-17(27)22(33)28-18(9-5-6-13-26)23(34)30-20(15-16-7-3-2-4-8-16)24(35)29-19(25(36)37)10-11-21(31)32/h2-4,7-8,17-20H,5-6,9-15,26-27H2,1H3,(H,28,33)(H,29,35)(H,30,34)(H,31,32)(H,36,37). The number of amides is 3. The van der Waals surface area contributed by atoms with Crippen LogP contribution in [0.4, 0.5) is 0 Å². The molecule has 38 heavy (non-hydrogen) atoms. The van der Waals surface area contributed by atoms with E-state index in [0.717, 1.165) is 0 Å². The molecular weight excluding hydrogens is 514 g/mol. The minimum Gasteiger partial charge on any atom is -0.481 e. The van der Waals surface area contributed by atoms with Gasteiger partial charge in [-0.15, -0.1) is 0 Å². The van der Waals surface area contributed by atoms with Crippen LogP contribution < -0.4 is 27.4 Å². The molecule has 0 aliphatic carbocycles. The molecule has 212 valence electrons. The molecule has 12 nitrogen and oxygen atoms in total. The number of rotatable bonds is 19. The van der Waals surface area contributed by atoms with Gasteiger partial charge < -0.3 is 37.6 Å². The number of carbonyl (C=O) groups excluding carboxylic acids is 3. The lowest BCUT2D eigenvalue weighted by molar-refractivity contribution is -0.143. The summed E-state index contributed by atoms with van der Waals surface area (Å²) >= 11 is 1.54. The predicted molar refractivity (Wildman–Crippen MR) is 144 cm³/mol. The Morgan fingerprint density at radius 3 is 2.03 bits per heavy atom. The van der Waals surface area contributed by atoms with Gasteiger partial charge in [0.2, 0.25) is 17.7 Å². The third-order valence-corrected chi connectivity index (χ3v) is 6.37. The van der Waals surface area contributed by atoms with Crippen molar-refractivity contribution in [1.82, 2.24) is 16.0 Å². The van der Waals surface area contributed by atoms with Gasteiger partial charge in [0, 0.05) is 12.8 Å². The van der Waals surface area contributed by atoms with Gasteiger partial charge >= 0.3 is 11.9 Å². The number of nitrogens with two attached hydrogens (primary N) is 2. The number of benzene rings is 1. The largest absolute Gasteiger partial charge is 0.481 e. The second-order valence-corrected chi connectivity index (χ2v) is 9.80. The van der Waals surface area contributed by atoms with E-state index < -0.39 is 60.2 Å². The summed E-state index contributed by atoms with van der Waals surface area (Å²) in [6.45, 7) is 0.404. The minimum absolute atomic E-state index is 0.0420. The maximum absolute atomic E-state index is 13.3. The van der Waals surface area contributed by atoms with Gasteiger partial charge in [0.25, 0.3) is 0 Å². The van der Waals surface area contributed by atoms with Crippen LogP contribution in [0.25, 0.3) is 0 Å². The van der Waals surface area contributed by atoms with Crippen molar-refractivity contribution in [3.8, 4) is 0 Å². The zero-order valence-corrected chi connectivity index (χ0v) is 22.4. The van der Waals surface area contributed by atoms with Crippen molar-refractivity contribution < 1.29 is 34.2 Å². The molecule has 0 spiro atoms. The highest BCUT2D eigenvalue weighted by atomic mass is 32.2. The molecule has 0 saturated heterocycles. The van der Waals surface area contributed by atoms with E-state index in [2.05, 4.69) is 16.0 Å². The van der Waals surface area contributed by atoms with Crippen molar-refractivity contribution in [2.45, 2.75) is 69.1 Å². The van der Waals surface area contributed by atoms with Crippen molar-refractivity contribution in [1.29, 1.82) is 0 Å². The molecule has 0 aliphatic rings. The number of hydrogen-bond acceptors (Lipinski definition) is 8. The van der Waals surface area contributed by atoms with Crippen LogP contribution in [-0.2, 0) is 30.4 Å². The number of nitrogens with one attached hydrogen (secondary N) is 3. The summed E-state index contributed by atoms with van der Waals surface area (Å²) in [5.41, 5.74) is 12.2. The molecule has 0 aromatic heterocycles. The van der Waals surface area contributed by atoms with Crippen LogP contribution in [0.2, 0.25) is 0 Å². The van der Waals surface area contributed by atoms with Crippen LogP contribution in [0.1, 0.15) is 44.1 Å². The van der Waals surface area contributed by atoms with Gasteiger partial charge in [0.05, 0.1) is 6.04 Å². The Morgan fingerprint density at radius 1 is 0.842 bits per heavy atom. The van der Waals surface area contributed by atoms with Crippen LogP contribution in [0, 0.1) is 0 Å². The van der Waals surface area contributed by atoms with Gasteiger partial charge in [-0.2, -0.15) is 11.8 Å². The SMILES string of the molecule is CSCCC(N)C(=O)NC(CCCCN)C(=O)NC(Cc1ccccc1)C(=O)NC(CCC(=O)O)C(=O)O.